The van der Waals surface area contributed by atoms with Crippen molar-refractivity contribution >= 4 is 17.8 Å². The van der Waals surface area contributed by atoms with E-state index in [1.807, 2.05) is 4.90 Å². The summed E-state index contributed by atoms with van der Waals surface area (Å²) in [6, 6.07) is 4.70. The molecular formula is C20H26N2O4. The van der Waals surface area contributed by atoms with Crippen molar-refractivity contribution in [2.75, 3.05) is 26.2 Å². The van der Waals surface area contributed by atoms with Crippen molar-refractivity contribution in [3.63, 3.8) is 0 Å². The van der Waals surface area contributed by atoms with Crippen molar-refractivity contribution in [1.29, 1.82) is 0 Å². The Morgan fingerprint density at radius 3 is 2.08 bits per heavy atom. The van der Waals surface area contributed by atoms with Crippen LogP contribution in [-0.2, 0) is 4.79 Å². The molecule has 1 aromatic carbocycles. The standard InChI is InChI=1S/C20H26N2O4/c1-14-11-16(13-17(12-14)20(25)26)19(24)22-9-7-21(8-10-22)18(23)15-5-3-2-4-6-15/h11-13,15H,2-10H2,1H3,(H,25,26). The Balaban J connectivity index is 1.61. The van der Waals surface area contributed by atoms with Gasteiger partial charge in [0.05, 0.1) is 5.56 Å². The summed E-state index contributed by atoms with van der Waals surface area (Å²) in [4.78, 5) is 40.2. The van der Waals surface area contributed by atoms with Gasteiger partial charge < -0.3 is 14.9 Å². The second kappa shape index (κ2) is 7.89. The molecule has 1 aliphatic heterocycles. The molecule has 0 radical (unpaired) electrons. The van der Waals surface area contributed by atoms with Gasteiger partial charge in [-0.15, -0.1) is 0 Å². The monoisotopic (exact) mass is 358 g/mol. The molecular weight excluding hydrogens is 332 g/mol. The summed E-state index contributed by atoms with van der Waals surface area (Å²) in [5.74, 6) is -0.812. The number of nitrogens with zero attached hydrogens (tertiary/aromatic N) is 2. The molecule has 1 saturated heterocycles. The Morgan fingerprint density at radius 2 is 1.46 bits per heavy atom. The van der Waals surface area contributed by atoms with Crippen LogP contribution >= 0.6 is 0 Å². The van der Waals surface area contributed by atoms with Crippen LogP contribution < -0.4 is 0 Å². The normalized spacial score (nSPS) is 18.7. The number of rotatable bonds is 3. The van der Waals surface area contributed by atoms with E-state index in [9.17, 15) is 19.5 Å². The Hall–Kier alpha value is -2.37. The predicted molar refractivity (Wildman–Crippen MR) is 97.2 cm³/mol. The van der Waals surface area contributed by atoms with Crippen LogP contribution in [0.5, 0.6) is 0 Å². The maximum Gasteiger partial charge on any atom is 0.335 e. The number of hydrogen-bond donors (Lipinski definition) is 1. The third-order valence-electron chi connectivity index (χ3n) is 5.40. The van der Waals surface area contributed by atoms with Crippen molar-refractivity contribution in [3.8, 4) is 0 Å². The zero-order valence-electron chi connectivity index (χ0n) is 15.2. The molecule has 26 heavy (non-hydrogen) atoms. The molecule has 2 aliphatic rings. The summed E-state index contributed by atoms with van der Waals surface area (Å²) < 4.78 is 0. The number of carbonyl (C=O) groups is 3. The first-order valence-electron chi connectivity index (χ1n) is 9.39. The van der Waals surface area contributed by atoms with Gasteiger partial charge >= 0.3 is 5.97 Å². The summed E-state index contributed by atoms with van der Waals surface area (Å²) in [6.07, 6.45) is 5.46. The molecule has 0 unspecified atom stereocenters. The van der Waals surface area contributed by atoms with Crippen LogP contribution in [0.2, 0.25) is 0 Å². The first kappa shape index (κ1) is 18.4. The van der Waals surface area contributed by atoms with E-state index in [1.165, 1.54) is 12.5 Å². The highest BCUT2D eigenvalue weighted by molar-refractivity contribution is 5.98. The number of amides is 2. The molecule has 0 bridgehead atoms. The predicted octanol–water partition coefficient (Wildman–Crippen LogP) is 2.56. The van der Waals surface area contributed by atoms with Crippen molar-refractivity contribution in [2.24, 2.45) is 5.92 Å². The van der Waals surface area contributed by atoms with Crippen LogP contribution in [0, 0.1) is 12.8 Å². The molecule has 6 heteroatoms. The molecule has 2 amide bonds. The fraction of sp³-hybridized carbons (Fsp3) is 0.550. The van der Waals surface area contributed by atoms with E-state index < -0.39 is 5.97 Å². The van der Waals surface area contributed by atoms with E-state index in [0.717, 1.165) is 31.2 Å². The lowest BCUT2D eigenvalue weighted by molar-refractivity contribution is -0.138. The van der Waals surface area contributed by atoms with E-state index in [2.05, 4.69) is 0 Å². The van der Waals surface area contributed by atoms with E-state index in [0.29, 0.717) is 31.7 Å². The lowest BCUT2D eigenvalue weighted by Crippen LogP contribution is -2.52. The minimum absolute atomic E-state index is 0.125. The van der Waals surface area contributed by atoms with Gasteiger partial charge in [0, 0.05) is 37.7 Å². The number of aryl methyl sites for hydroxylation is 1. The molecule has 0 atom stereocenters. The lowest BCUT2D eigenvalue weighted by atomic mass is 9.88. The number of hydrogen-bond acceptors (Lipinski definition) is 3. The van der Waals surface area contributed by atoms with Gasteiger partial charge in [-0.3, -0.25) is 9.59 Å². The van der Waals surface area contributed by atoms with Crippen LogP contribution in [0.3, 0.4) is 0 Å². The maximum atomic E-state index is 12.7. The quantitative estimate of drug-likeness (QED) is 0.901. The number of benzene rings is 1. The van der Waals surface area contributed by atoms with Gasteiger partial charge in [-0.05, 0) is 43.5 Å². The molecule has 1 N–H and O–H groups in total. The van der Waals surface area contributed by atoms with Crippen molar-refractivity contribution in [1.82, 2.24) is 9.80 Å². The molecule has 2 fully saturated rings. The van der Waals surface area contributed by atoms with Gasteiger partial charge in [0.1, 0.15) is 0 Å². The fourth-order valence-electron chi connectivity index (χ4n) is 3.95. The largest absolute Gasteiger partial charge is 0.478 e. The second-order valence-corrected chi connectivity index (χ2v) is 7.35. The molecule has 3 rings (SSSR count). The van der Waals surface area contributed by atoms with Gasteiger partial charge in [0.25, 0.3) is 5.91 Å². The first-order valence-corrected chi connectivity index (χ1v) is 9.39. The zero-order valence-corrected chi connectivity index (χ0v) is 15.2. The molecule has 1 heterocycles. The van der Waals surface area contributed by atoms with Gasteiger partial charge in [-0.2, -0.15) is 0 Å². The molecule has 1 saturated carbocycles. The van der Waals surface area contributed by atoms with Gasteiger partial charge in [0.2, 0.25) is 5.91 Å². The zero-order chi connectivity index (χ0) is 18.7. The minimum atomic E-state index is -1.04. The number of carboxylic acids is 1. The van der Waals surface area contributed by atoms with Gasteiger partial charge in [0.15, 0.2) is 0 Å². The molecule has 6 nitrogen and oxygen atoms in total. The van der Waals surface area contributed by atoms with Crippen LogP contribution in [0.4, 0.5) is 0 Å². The number of aromatic carboxylic acids is 1. The molecule has 0 aromatic heterocycles. The van der Waals surface area contributed by atoms with Gasteiger partial charge in [-0.1, -0.05) is 19.3 Å². The van der Waals surface area contributed by atoms with Crippen molar-refractivity contribution < 1.29 is 19.5 Å². The minimum Gasteiger partial charge on any atom is -0.478 e. The van der Waals surface area contributed by atoms with E-state index in [4.69, 9.17) is 0 Å². The van der Waals surface area contributed by atoms with Crippen LogP contribution in [-0.4, -0.2) is 58.9 Å². The Bertz CT molecular complexity index is 702. The summed E-state index contributed by atoms with van der Waals surface area (Å²) in [5, 5.41) is 9.18. The summed E-state index contributed by atoms with van der Waals surface area (Å²) in [7, 11) is 0. The SMILES string of the molecule is Cc1cc(C(=O)O)cc(C(=O)N2CCN(C(=O)C3CCCCC3)CC2)c1. The van der Waals surface area contributed by atoms with Gasteiger partial charge in [-0.25, -0.2) is 4.79 Å². The highest BCUT2D eigenvalue weighted by Crippen LogP contribution is 2.26. The average Bonchev–Trinajstić information content (AvgIpc) is 2.67. The maximum absolute atomic E-state index is 12.7. The highest BCUT2D eigenvalue weighted by atomic mass is 16.4. The van der Waals surface area contributed by atoms with E-state index in [1.54, 1.807) is 24.0 Å². The van der Waals surface area contributed by atoms with Crippen LogP contribution in [0.15, 0.2) is 18.2 Å². The van der Waals surface area contributed by atoms with Crippen molar-refractivity contribution in [2.45, 2.75) is 39.0 Å². The van der Waals surface area contributed by atoms with Crippen molar-refractivity contribution in [3.05, 3.63) is 34.9 Å². The molecule has 140 valence electrons. The third-order valence-corrected chi connectivity index (χ3v) is 5.40. The third kappa shape index (κ3) is 4.06. The average molecular weight is 358 g/mol. The lowest BCUT2D eigenvalue weighted by Gasteiger charge is -2.37. The Labute approximate surface area is 153 Å². The summed E-state index contributed by atoms with van der Waals surface area (Å²) in [6.45, 7) is 3.88. The number of piperazine rings is 1. The molecule has 1 aliphatic carbocycles. The highest BCUT2D eigenvalue weighted by Gasteiger charge is 2.30. The van der Waals surface area contributed by atoms with E-state index >= 15 is 0 Å². The Kier molecular flexibility index (Phi) is 5.59. The topological polar surface area (TPSA) is 77.9 Å². The molecule has 0 spiro atoms. The smallest absolute Gasteiger partial charge is 0.335 e. The van der Waals surface area contributed by atoms with Crippen LogP contribution in [0.25, 0.3) is 0 Å². The number of carboxylic acid groups (broad SMARTS) is 1. The second-order valence-electron chi connectivity index (χ2n) is 7.35. The van der Waals surface area contributed by atoms with Crippen LogP contribution in [0.1, 0.15) is 58.4 Å². The summed E-state index contributed by atoms with van der Waals surface area (Å²) in [5.41, 5.74) is 1.27. The molecule has 1 aromatic rings. The fourth-order valence-corrected chi connectivity index (χ4v) is 3.95. The summed E-state index contributed by atoms with van der Waals surface area (Å²) >= 11 is 0. The number of carbonyl (C=O) groups excluding carboxylic acids is 2. The first-order chi connectivity index (χ1) is 12.5. The van der Waals surface area contributed by atoms with E-state index in [-0.39, 0.29) is 23.3 Å². The Morgan fingerprint density at radius 1 is 0.885 bits per heavy atom.